The fourth-order valence-electron chi connectivity index (χ4n) is 1.88. The molecular formula is C16H15ClOS. The van der Waals surface area contributed by atoms with Gasteiger partial charge in [-0.25, -0.2) is 0 Å². The number of hydrogen-bond donors (Lipinski definition) is 0. The maximum Gasteiger partial charge on any atom is 0.160 e. The number of hydrogen-bond acceptors (Lipinski definition) is 2. The summed E-state index contributed by atoms with van der Waals surface area (Å²) in [6.07, 6.45) is 0.914. The summed E-state index contributed by atoms with van der Waals surface area (Å²) in [4.78, 5) is 13.9. The van der Waals surface area contributed by atoms with Crippen molar-refractivity contribution in [1.29, 1.82) is 0 Å². The summed E-state index contributed by atoms with van der Waals surface area (Å²) < 4.78 is 0. The Kier molecular flexibility index (Phi) is 4.67. The van der Waals surface area contributed by atoms with Crippen molar-refractivity contribution in [2.24, 2.45) is 0 Å². The first-order chi connectivity index (χ1) is 9.11. The normalized spacial score (nSPS) is 10.5. The lowest BCUT2D eigenvalue weighted by Crippen LogP contribution is -1.98. The molecule has 2 aromatic rings. The van der Waals surface area contributed by atoms with E-state index >= 15 is 0 Å². The first-order valence-electron chi connectivity index (χ1n) is 6.18. The van der Waals surface area contributed by atoms with Crippen LogP contribution in [0, 0.1) is 0 Å². The number of Topliss-reactive ketones (excluding diaryl/α,β-unsaturated/α-hetero) is 1. The van der Waals surface area contributed by atoms with E-state index in [1.165, 1.54) is 5.56 Å². The topological polar surface area (TPSA) is 17.1 Å². The van der Waals surface area contributed by atoms with E-state index in [2.05, 4.69) is 13.0 Å². The van der Waals surface area contributed by atoms with Gasteiger partial charge in [-0.3, -0.25) is 4.79 Å². The minimum absolute atomic E-state index is 0.103. The summed E-state index contributed by atoms with van der Waals surface area (Å²) in [6, 6.07) is 13.6. The number of aryl methyl sites for hydroxylation is 1. The van der Waals surface area contributed by atoms with Gasteiger partial charge < -0.3 is 0 Å². The van der Waals surface area contributed by atoms with Crippen LogP contribution < -0.4 is 0 Å². The van der Waals surface area contributed by atoms with Crippen molar-refractivity contribution in [3.8, 4) is 0 Å². The van der Waals surface area contributed by atoms with Crippen molar-refractivity contribution in [2.75, 3.05) is 0 Å². The summed E-state index contributed by atoms with van der Waals surface area (Å²) in [6.45, 7) is 3.71. The number of carbonyl (C=O) groups excluding carboxylic acids is 1. The summed E-state index contributed by atoms with van der Waals surface area (Å²) in [7, 11) is 0. The van der Waals surface area contributed by atoms with Crippen LogP contribution in [0.3, 0.4) is 0 Å². The monoisotopic (exact) mass is 290 g/mol. The molecule has 0 bridgehead atoms. The third-order valence-corrected chi connectivity index (χ3v) is 4.34. The highest BCUT2D eigenvalue weighted by Crippen LogP contribution is 2.34. The van der Waals surface area contributed by atoms with Gasteiger partial charge in [0.15, 0.2) is 5.78 Å². The Labute approximate surface area is 123 Å². The van der Waals surface area contributed by atoms with Crippen molar-refractivity contribution in [2.45, 2.75) is 30.1 Å². The Morgan fingerprint density at radius 3 is 2.42 bits per heavy atom. The largest absolute Gasteiger partial charge is 0.294 e. The lowest BCUT2D eigenvalue weighted by atomic mass is 10.1. The Morgan fingerprint density at radius 2 is 1.84 bits per heavy atom. The molecule has 0 atom stereocenters. The molecular weight excluding hydrogens is 276 g/mol. The SMILES string of the molecule is CCc1cccc(C(C)=O)c1Sc1ccc(Cl)cc1. The molecule has 0 aliphatic carbocycles. The lowest BCUT2D eigenvalue weighted by Gasteiger charge is -2.11. The molecule has 3 heteroatoms. The van der Waals surface area contributed by atoms with Crippen LogP contribution in [-0.2, 0) is 6.42 Å². The zero-order chi connectivity index (χ0) is 13.8. The van der Waals surface area contributed by atoms with Gasteiger partial charge in [-0.1, -0.05) is 48.5 Å². The smallest absolute Gasteiger partial charge is 0.160 e. The van der Waals surface area contributed by atoms with E-state index in [4.69, 9.17) is 11.6 Å². The Hall–Kier alpha value is -1.25. The standard InChI is InChI=1S/C16H15ClOS/c1-3-12-5-4-6-15(11(2)18)16(12)19-14-9-7-13(17)8-10-14/h4-10H,3H2,1-2H3. The van der Waals surface area contributed by atoms with Crippen molar-refractivity contribution >= 4 is 29.1 Å². The minimum Gasteiger partial charge on any atom is -0.294 e. The quantitative estimate of drug-likeness (QED) is 0.715. The van der Waals surface area contributed by atoms with Crippen LogP contribution in [-0.4, -0.2) is 5.78 Å². The second-order valence-corrected chi connectivity index (χ2v) is 5.78. The third-order valence-electron chi connectivity index (χ3n) is 2.89. The van der Waals surface area contributed by atoms with E-state index in [0.717, 1.165) is 26.8 Å². The molecule has 98 valence electrons. The van der Waals surface area contributed by atoms with Crippen LogP contribution in [0.1, 0.15) is 29.8 Å². The van der Waals surface area contributed by atoms with E-state index in [1.807, 2.05) is 36.4 Å². The van der Waals surface area contributed by atoms with Crippen molar-refractivity contribution in [3.05, 3.63) is 58.6 Å². The van der Waals surface area contributed by atoms with E-state index in [9.17, 15) is 4.79 Å². The average molecular weight is 291 g/mol. The number of carbonyl (C=O) groups is 1. The number of rotatable bonds is 4. The zero-order valence-electron chi connectivity index (χ0n) is 10.9. The predicted molar refractivity (Wildman–Crippen MR) is 81.4 cm³/mol. The molecule has 0 saturated carbocycles. The molecule has 0 saturated heterocycles. The molecule has 2 aromatic carbocycles. The molecule has 0 heterocycles. The zero-order valence-corrected chi connectivity index (χ0v) is 12.5. The first kappa shape index (κ1) is 14.2. The van der Waals surface area contributed by atoms with Gasteiger partial charge in [0.1, 0.15) is 0 Å². The van der Waals surface area contributed by atoms with Crippen molar-refractivity contribution in [1.82, 2.24) is 0 Å². The van der Waals surface area contributed by atoms with Crippen LogP contribution in [0.25, 0.3) is 0 Å². The highest BCUT2D eigenvalue weighted by atomic mass is 35.5. The summed E-state index contributed by atoms with van der Waals surface area (Å²) in [5.74, 6) is 0.103. The Balaban J connectivity index is 2.42. The maximum absolute atomic E-state index is 11.7. The van der Waals surface area contributed by atoms with E-state index in [0.29, 0.717) is 0 Å². The molecule has 19 heavy (non-hydrogen) atoms. The van der Waals surface area contributed by atoms with Crippen molar-refractivity contribution in [3.63, 3.8) is 0 Å². The van der Waals surface area contributed by atoms with Crippen molar-refractivity contribution < 1.29 is 4.79 Å². The van der Waals surface area contributed by atoms with Gasteiger partial charge in [0.05, 0.1) is 0 Å². The molecule has 0 radical (unpaired) electrons. The Bertz CT molecular complexity index is 590. The number of ketones is 1. The minimum atomic E-state index is 0.103. The highest BCUT2D eigenvalue weighted by molar-refractivity contribution is 7.99. The second-order valence-electron chi connectivity index (χ2n) is 4.26. The molecule has 1 nitrogen and oxygen atoms in total. The van der Waals surface area contributed by atoms with Gasteiger partial charge in [-0.2, -0.15) is 0 Å². The van der Waals surface area contributed by atoms with E-state index in [-0.39, 0.29) is 5.78 Å². The number of benzene rings is 2. The summed E-state index contributed by atoms with van der Waals surface area (Å²) in [5.41, 5.74) is 1.99. The van der Waals surface area contributed by atoms with Crippen LogP contribution in [0.2, 0.25) is 5.02 Å². The maximum atomic E-state index is 11.7. The fraction of sp³-hybridized carbons (Fsp3) is 0.188. The average Bonchev–Trinajstić information content (AvgIpc) is 2.41. The molecule has 0 amide bonds. The molecule has 0 N–H and O–H groups in total. The second kappa shape index (κ2) is 6.27. The number of halogens is 1. The van der Waals surface area contributed by atoms with E-state index < -0.39 is 0 Å². The van der Waals surface area contributed by atoms with Crippen LogP contribution in [0.5, 0.6) is 0 Å². The summed E-state index contributed by atoms with van der Waals surface area (Å²) in [5, 5.41) is 0.722. The van der Waals surface area contributed by atoms with Gasteiger partial charge in [0.2, 0.25) is 0 Å². The van der Waals surface area contributed by atoms with Gasteiger partial charge in [0.25, 0.3) is 0 Å². The molecule has 0 aliphatic heterocycles. The highest BCUT2D eigenvalue weighted by Gasteiger charge is 2.12. The molecule has 0 spiro atoms. The van der Waals surface area contributed by atoms with Crippen LogP contribution in [0.15, 0.2) is 52.3 Å². The first-order valence-corrected chi connectivity index (χ1v) is 7.37. The van der Waals surface area contributed by atoms with Gasteiger partial charge >= 0.3 is 0 Å². The molecule has 0 unspecified atom stereocenters. The molecule has 2 rings (SSSR count). The molecule has 0 fully saturated rings. The Morgan fingerprint density at radius 1 is 1.16 bits per heavy atom. The van der Waals surface area contributed by atoms with E-state index in [1.54, 1.807) is 18.7 Å². The van der Waals surface area contributed by atoms with Crippen LogP contribution in [0.4, 0.5) is 0 Å². The fourth-order valence-corrected chi connectivity index (χ4v) is 3.18. The predicted octanol–water partition coefficient (Wildman–Crippen LogP) is 5.26. The van der Waals surface area contributed by atoms with Crippen LogP contribution >= 0.6 is 23.4 Å². The van der Waals surface area contributed by atoms with Gasteiger partial charge in [-0.15, -0.1) is 0 Å². The molecule has 0 aromatic heterocycles. The van der Waals surface area contributed by atoms with Gasteiger partial charge in [0, 0.05) is 20.4 Å². The lowest BCUT2D eigenvalue weighted by molar-refractivity contribution is 0.101. The summed E-state index contributed by atoms with van der Waals surface area (Å²) >= 11 is 7.51. The third kappa shape index (κ3) is 3.40. The molecule has 0 aliphatic rings. The van der Waals surface area contributed by atoms with Gasteiger partial charge in [-0.05, 0) is 43.2 Å².